The molecule has 6 heteroatoms. The topological polar surface area (TPSA) is 27.7 Å². The monoisotopic (exact) mass is 379 g/mol. The molecule has 0 aliphatic carbocycles. The highest BCUT2D eigenvalue weighted by atomic mass is 32.4. The fourth-order valence-corrected chi connectivity index (χ4v) is 9.90. The van der Waals surface area contributed by atoms with Crippen LogP contribution in [0.4, 0.5) is 0 Å². The summed E-state index contributed by atoms with van der Waals surface area (Å²) in [5.41, 5.74) is 0.0725. The highest BCUT2D eigenvalue weighted by Gasteiger charge is 2.53. The molecule has 0 aromatic heterocycles. The van der Waals surface area contributed by atoms with Gasteiger partial charge < -0.3 is 13.3 Å². The number of hydrogen-bond acceptors (Lipinski definition) is 3. The fourth-order valence-electron chi connectivity index (χ4n) is 2.36. The smallest absolute Gasteiger partial charge is 0.373 e. The minimum Gasteiger partial charge on any atom is -0.373 e. The van der Waals surface area contributed by atoms with E-state index in [9.17, 15) is 0 Å². The zero-order chi connectivity index (χ0) is 18.3. The average Bonchev–Trinajstić information content (AvgIpc) is 2.44. The van der Waals surface area contributed by atoms with E-state index in [0.29, 0.717) is 13.2 Å². The van der Waals surface area contributed by atoms with Crippen molar-refractivity contribution in [2.75, 3.05) is 25.7 Å². The summed E-state index contributed by atoms with van der Waals surface area (Å²) in [5.74, 6) is 0. The van der Waals surface area contributed by atoms with E-state index in [4.69, 9.17) is 13.3 Å². The van der Waals surface area contributed by atoms with Crippen LogP contribution in [0.2, 0.25) is 0 Å². The van der Waals surface area contributed by atoms with Crippen molar-refractivity contribution in [3.8, 4) is 0 Å². The molecule has 0 fully saturated rings. The molecule has 2 atom stereocenters. The summed E-state index contributed by atoms with van der Waals surface area (Å²) in [6.07, 6.45) is 7.56. The van der Waals surface area contributed by atoms with E-state index >= 15 is 0 Å². The van der Waals surface area contributed by atoms with Crippen molar-refractivity contribution in [1.29, 1.82) is 0 Å². The first-order valence-electron chi connectivity index (χ1n) is 8.87. The molecule has 2 unspecified atom stereocenters. The van der Waals surface area contributed by atoms with Gasteiger partial charge in [0.05, 0.1) is 20.4 Å². The summed E-state index contributed by atoms with van der Waals surface area (Å²) in [7, 11) is 0.152. The lowest BCUT2D eigenvalue weighted by Gasteiger charge is -2.46. The van der Waals surface area contributed by atoms with Crippen LogP contribution in [0.1, 0.15) is 67.7 Å². The molecule has 0 rings (SSSR count). The Kier molecular flexibility index (Phi) is 10.3. The van der Waals surface area contributed by atoms with Crippen LogP contribution in [0.15, 0.2) is 0 Å². The van der Waals surface area contributed by atoms with Crippen LogP contribution in [-0.2, 0) is 13.3 Å². The maximum Gasteiger partial charge on any atom is 0.512 e. The molecule has 23 heavy (non-hydrogen) atoms. The van der Waals surface area contributed by atoms with Crippen LogP contribution >= 0.6 is 9.48 Å². The maximum absolute atomic E-state index is 6.73. The van der Waals surface area contributed by atoms with Gasteiger partial charge in [-0.1, -0.05) is 48.5 Å². The molecule has 0 amide bonds. The van der Waals surface area contributed by atoms with Gasteiger partial charge in [-0.05, 0) is 37.2 Å². The van der Waals surface area contributed by atoms with Gasteiger partial charge in [-0.3, -0.25) is 9.48 Å². The summed E-state index contributed by atoms with van der Waals surface area (Å²) >= 11 is 0. The van der Waals surface area contributed by atoms with E-state index < -0.39 is 18.3 Å². The van der Waals surface area contributed by atoms with Gasteiger partial charge in [-0.25, -0.2) is 0 Å². The third-order valence-corrected chi connectivity index (χ3v) is 13.0. The van der Waals surface area contributed by atoms with Crippen LogP contribution in [0.5, 0.6) is 0 Å². The highest BCUT2D eigenvalue weighted by molar-refractivity contribution is 8.50. The summed E-state index contributed by atoms with van der Waals surface area (Å²) in [4.78, 5) is 0.251. The molecule has 0 aliphatic rings. The molecule has 0 N–H and O–H groups in total. The Morgan fingerprint density at radius 2 is 1.43 bits per heavy atom. The zero-order valence-corrected chi connectivity index (χ0v) is 19.6. The summed E-state index contributed by atoms with van der Waals surface area (Å²) in [6, 6.07) is 0. The van der Waals surface area contributed by atoms with Crippen molar-refractivity contribution in [3.05, 3.63) is 0 Å². The van der Waals surface area contributed by atoms with E-state index in [1.807, 2.05) is 0 Å². The molecule has 0 bridgehead atoms. The van der Waals surface area contributed by atoms with Crippen LogP contribution in [0.3, 0.4) is 0 Å². The Morgan fingerprint density at radius 3 is 1.70 bits per heavy atom. The number of rotatable bonds is 11. The first-order valence-corrected chi connectivity index (χ1v) is 14.4. The fraction of sp³-hybridized carbons (Fsp3) is 1.00. The van der Waals surface area contributed by atoms with Crippen LogP contribution < -0.4 is 0 Å². The van der Waals surface area contributed by atoms with E-state index in [2.05, 4.69) is 70.4 Å². The summed E-state index contributed by atoms with van der Waals surface area (Å²) < 4.78 is 19.5. The van der Waals surface area contributed by atoms with Gasteiger partial charge >= 0.3 is 8.80 Å². The van der Waals surface area contributed by atoms with Crippen molar-refractivity contribution < 1.29 is 13.3 Å². The van der Waals surface area contributed by atoms with Crippen molar-refractivity contribution in [3.63, 3.8) is 0 Å². The molecular formula is C17H39O3SSi2. The van der Waals surface area contributed by atoms with E-state index in [1.165, 1.54) is 0 Å². The lowest BCUT2D eigenvalue weighted by atomic mass is 9.88. The third kappa shape index (κ3) is 7.61. The quantitative estimate of drug-likeness (QED) is 0.487. The highest BCUT2D eigenvalue weighted by Crippen LogP contribution is 2.46. The van der Waals surface area contributed by atoms with Crippen LogP contribution in [0, 0.1) is 5.41 Å². The Balaban J connectivity index is 5.67. The number of hydrogen-bond donors (Lipinski definition) is 0. The lowest BCUT2D eigenvalue weighted by molar-refractivity contribution is -0.0169. The van der Waals surface area contributed by atoms with Gasteiger partial charge in [0.2, 0.25) is 0 Å². The minimum atomic E-state index is -2.78. The maximum atomic E-state index is 6.73. The predicted octanol–water partition coefficient (Wildman–Crippen LogP) is 4.70. The zero-order valence-electron chi connectivity index (χ0n) is 16.8. The average molecular weight is 380 g/mol. The minimum absolute atomic E-state index is 0.0725. The van der Waals surface area contributed by atoms with E-state index in [1.54, 1.807) is 0 Å². The standard InChI is InChI=1S/C17H39O3SSi2/c1-10-13-18-23(19-14-11-2,15(4)21(8,9)22)20-16(12-3)17(5,6)7/h15-16H,10-14H2,1-9H3. The Bertz CT molecular complexity index is 319. The van der Waals surface area contributed by atoms with Gasteiger partial charge in [0.15, 0.2) is 0 Å². The van der Waals surface area contributed by atoms with Crippen molar-refractivity contribution in [2.45, 2.75) is 78.7 Å². The predicted molar refractivity (Wildman–Crippen MR) is 108 cm³/mol. The largest absolute Gasteiger partial charge is 0.512 e. The van der Waals surface area contributed by atoms with Crippen LogP contribution in [0.25, 0.3) is 0 Å². The van der Waals surface area contributed by atoms with Gasteiger partial charge in [-0.2, -0.15) is 0 Å². The SMILES string of the molecule is CCCO[Si](OCCC)(OC(CC)C(C)(C)C)C(C)S(C)(C)[Si]. The van der Waals surface area contributed by atoms with E-state index in [0.717, 1.165) is 19.3 Å². The molecular weight excluding hydrogens is 340 g/mol. The molecule has 0 saturated carbocycles. The molecule has 0 heterocycles. The van der Waals surface area contributed by atoms with Crippen molar-refractivity contribution in [1.82, 2.24) is 0 Å². The second-order valence-electron chi connectivity index (χ2n) is 7.73. The Hall–Kier alpha value is 0.664. The molecule has 0 spiro atoms. The summed E-state index contributed by atoms with van der Waals surface area (Å²) in [6.45, 7) is 16.8. The van der Waals surface area contributed by atoms with Crippen LogP contribution in [-0.4, -0.2) is 54.9 Å². The molecule has 3 radical (unpaired) electrons. The third-order valence-electron chi connectivity index (χ3n) is 4.04. The van der Waals surface area contributed by atoms with Gasteiger partial charge in [-0.15, -0.1) is 0 Å². The first kappa shape index (κ1) is 23.7. The van der Waals surface area contributed by atoms with Crippen molar-refractivity contribution in [2.24, 2.45) is 5.41 Å². The second kappa shape index (κ2) is 9.97. The Labute approximate surface area is 151 Å². The lowest BCUT2D eigenvalue weighted by Crippen LogP contribution is -2.60. The Morgan fingerprint density at radius 1 is 1.00 bits per heavy atom. The summed E-state index contributed by atoms with van der Waals surface area (Å²) in [5, 5.41) is 0. The molecule has 0 saturated heterocycles. The molecule has 0 aromatic rings. The molecule has 0 aromatic carbocycles. The van der Waals surface area contributed by atoms with E-state index in [-0.39, 0.29) is 16.4 Å². The van der Waals surface area contributed by atoms with Gasteiger partial charge in [0.25, 0.3) is 0 Å². The molecule has 139 valence electrons. The second-order valence-corrected chi connectivity index (χ2v) is 17.7. The van der Waals surface area contributed by atoms with Gasteiger partial charge in [0, 0.05) is 13.2 Å². The molecule has 0 aliphatic heterocycles. The van der Waals surface area contributed by atoms with Gasteiger partial charge in [0.1, 0.15) is 0 Å². The normalized spacial score (nSPS) is 17.1. The molecule has 3 nitrogen and oxygen atoms in total. The van der Waals surface area contributed by atoms with Crippen molar-refractivity contribution >= 4 is 27.7 Å². The first-order chi connectivity index (χ1) is 10.4.